The van der Waals surface area contributed by atoms with E-state index in [0.29, 0.717) is 30.4 Å². The number of ether oxygens (including phenoxy) is 1. The van der Waals surface area contributed by atoms with Crippen LogP contribution >= 0.6 is 0 Å². The smallest absolute Gasteiger partial charge is 0.260 e. The second kappa shape index (κ2) is 9.54. The number of hydrogen-bond donors (Lipinski definition) is 0. The zero-order chi connectivity index (χ0) is 21.8. The van der Waals surface area contributed by atoms with E-state index in [0.717, 1.165) is 37.8 Å². The average Bonchev–Trinajstić information content (AvgIpc) is 2.80. The molecule has 2 aromatic carbocycles. The highest BCUT2D eigenvalue weighted by Crippen LogP contribution is 2.29. The van der Waals surface area contributed by atoms with Crippen LogP contribution < -0.4 is 4.74 Å². The summed E-state index contributed by atoms with van der Waals surface area (Å²) < 4.78 is 5.97. The van der Waals surface area contributed by atoms with Crippen LogP contribution in [0.25, 0.3) is 0 Å². The second-order valence-corrected chi connectivity index (χ2v) is 8.62. The van der Waals surface area contributed by atoms with Crippen LogP contribution in [0.2, 0.25) is 0 Å². The van der Waals surface area contributed by atoms with Crippen molar-refractivity contribution in [1.82, 2.24) is 9.80 Å². The van der Waals surface area contributed by atoms with E-state index in [1.54, 1.807) is 0 Å². The molecule has 0 spiro atoms. The van der Waals surface area contributed by atoms with Crippen LogP contribution in [-0.4, -0.2) is 47.4 Å². The molecule has 5 nitrogen and oxygen atoms in total. The molecule has 0 unspecified atom stereocenters. The van der Waals surface area contributed by atoms with E-state index in [1.165, 1.54) is 17.5 Å². The SMILES string of the molecule is CC[C@@H]1CCCCN1C(=O)COc1cccc2c1CCN(Cc1ccccc1C)C2=O. The normalized spacial score (nSPS) is 18.6. The summed E-state index contributed by atoms with van der Waals surface area (Å²) in [6.45, 7) is 6.33. The maximum absolute atomic E-state index is 13.1. The van der Waals surface area contributed by atoms with Crippen LogP contribution in [0.3, 0.4) is 0 Å². The molecular formula is C26H32N2O3. The number of carbonyl (C=O) groups is 2. The van der Waals surface area contributed by atoms with Crippen molar-refractivity contribution in [3.63, 3.8) is 0 Å². The maximum atomic E-state index is 13.1. The molecule has 2 amide bonds. The van der Waals surface area contributed by atoms with Crippen LogP contribution in [0.15, 0.2) is 42.5 Å². The zero-order valence-corrected chi connectivity index (χ0v) is 18.6. The minimum absolute atomic E-state index is 0.0309. The van der Waals surface area contributed by atoms with Gasteiger partial charge in [0.15, 0.2) is 6.61 Å². The van der Waals surface area contributed by atoms with Crippen molar-refractivity contribution in [3.05, 3.63) is 64.7 Å². The third-order valence-electron chi connectivity index (χ3n) is 6.67. The molecular weight excluding hydrogens is 388 g/mol. The first-order chi connectivity index (χ1) is 15.1. The molecule has 2 aliphatic rings. The fourth-order valence-electron chi connectivity index (χ4n) is 4.80. The molecule has 2 heterocycles. The number of amides is 2. The Hall–Kier alpha value is -2.82. The van der Waals surface area contributed by atoms with E-state index in [-0.39, 0.29) is 18.4 Å². The number of piperidine rings is 1. The number of fused-ring (bicyclic) bond motifs is 1. The van der Waals surface area contributed by atoms with Gasteiger partial charge in [-0.3, -0.25) is 9.59 Å². The minimum atomic E-state index is 0.0309. The lowest BCUT2D eigenvalue weighted by Gasteiger charge is -2.35. The van der Waals surface area contributed by atoms with Gasteiger partial charge in [-0.05, 0) is 62.3 Å². The Morgan fingerprint density at radius 1 is 1.10 bits per heavy atom. The van der Waals surface area contributed by atoms with Crippen LogP contribution in [0.1, 0.15) is 59.7 Å². The van der Waals surface area contributed by atoms with Crippen LogP contribution in [0, 0.1) is 6.92 Å². The number of aryl methyl sites for hydroxylation is 1. The number of benzene rings is 2. The molecule has 2 aromatic rings. The van der Waals surface area contributed by atoms with Crippen molar-refractivity contribution in [1.29, 1.82) is 0 Å². The standard InChI is InChI=1S/C26H32N2O3/c1-3-21-11-6-7-15-28(21)25(29)18-31-24-13-8-12-23-22(24)14-16-27(26(23)30)17-20-10-5-4-9-19(20)2/h4-5,8-10,12-13,21H,3,6-7,11,14-18H2,1-2H3/t21-/m1/s1. The Labute approximate surface area is 185 Å². The number of carbonyl (C=O) groups excluding carboxylic acids is 2. The van der Waals surface area contributed by atoms with E-state index in [4.69, 9.17) is 4.74 Å². The minimum Gasteiger partial charge on any atom is -0.483 e. The fraction of sp³-hybridized carbons (Fsp3) is 0.462. The van der Waals surface area contributed by atoms with Gasteiger partial charge in [-0.1, -0.05) is 37.3 Å². The van der Waals surface area contributed by atoms with Gasteiger partial charge in [-0.15, -0.1) is 0 Å². The molecule has 0 N–H and O–H groups in total. The summed E-state index contributed by atoms with van der Waals surface area (Å²) in [5, 5.41) is 0. The Bertz CT molecular complexity index is 955. The molecule has 164 valence electrons. The van der Waals surface area contributed by atoms with Gasteiger partial charge in [0, 0.05) is 36.8 Å². The molecule has 0 aromatic heterocycles. The van der Waals surface area contributed by atoms with Gasteiger partial charge < -0.3 is 14.5 Å². The first-order valence-corrected chi connectivity index (χ1v) is 11.5. The summed E-state index contributed by atoms with van der Waals surface area (Å²) in [6.07, 6.45) is 5.05. The summed E-state index contributed by atoms with van der Waals surface area (Å²) >= 11 is 0. The van der Waals surface area contributed by atoms with Crippen molar-refractivity contribution in [3.8, 4) is 5.75 Å². The van der Waals surface area contributed by atoms with Crippen molar-refractivity contribution in [2.45, 2.75) is 58.5 Å². The van der Waals surface area contributed by atoms with Gasteiger partial charge in [0.2, 0.25) is 0 Å². The number of nitrogens with zero attached hydrogens (tertiary/aromatic N) is 2. The summed E-state index contributed by atoms with van der Waals surface area (Å²) in [5.41, 5.74) is 3.98. The molecule has 0 bridgehead atoms. The van der Waals surface area contributed by atoms with E-state index < -0.39 is 0 Å². The summed E-state index contributed by atoms with van der Waals surface area (Å²) in [6, 6.07) is 14.1. The van der Waals surface area contributed by atoms with Crippen molar-refractivity contribution in [2.75, 3.05) is 19.7 Å². The predicted octanol–water partition coefficient (Wildman–Crippen LogP) is 4.36. The number of likely N-dealkylation sites (tertiary alicyclic amines) is 1. The molecule has 0 radical (unpaired) electrons. The Morgan fingerprint density at radius 2 is 1.94 bits per heavy atom. The van der Waals surface area contributed by atoms with Crippen molar-refractivity contribution in [2.24, 2.45) is 0 Å². The van der Waals surface area contributed by atoms with Crippen LogP contribution in [-0.2, 0) is 17.8 Å². The van der Waals surface area contributed by atoms with E-state index >= 15 is 0 Å². The third-order valence-corrected chi connectivity index (χ3v) is 6.67. The van der Waals surface area contributed by atoms with Gasteiger partial charge in [0.05, 0.1) is 0 Å². The summed E-state index contributed by atoms with van der Waals surface area (Å²) in [7, 11) is 0. The number of hydrogen-bond acceptors (Lipinski definition) is 3. The first kappa shape index (κ1) is 21.4. The lowest BCUT2D eigenvalue weighted by atomic mass is 9.97. The predicted molar refractivity (Wildman–Crippen MR) is 121 cm³/mol. The molecule has 0 saturated carbocycles. The maximum Gasteiger partial charge on any atom is 0.260 e. The van der Waals surface area contributed by atoms with Crippen LogP contribution in [0.5, 0.6) is 5.75 Å². The van der Waals surface area contributed by atoms with Crippen molar-refractivity contribution < 1.29 is 14.3 Å². The molecule has 5 heteroatoms. The van der Waals surface area contributed by atoms with Crippen LogP contribution in [0.4, 0.5) is 0 Å². The quantitative estimate of drug-likeness (QED) is 0.698. The van der Waals surface area contributed by atoms with E-state index in [1.807, 2.05) is 40.1 Å². The van der Waals surface area contributed by atoms with Gasteiger partial charge in [-0.2, -0.15) is 0 Å². The Balaban J connectivity index is 1.44. The highest BCUT2D eigenvalue weighted by Gasteiger charge is 2.28. The van der Waals surface area contributed by atoms with Gasteiger partial charge in [-0.25, -0.2) is 0 Å². The topological polar surface area (TPSA) is 49.9 Å². The molecule has 31 heavy (non-hydrogen) atoms. The molecule has 4 rings (SSSR count). The third kappa shape index (κ3) is 4.60. The van der Waals surface area contributed by atoms with E-state index in [2.05, 4.69) is 26.0 Å². The summed E-state index contributed by atoms with van der Waals surface area (Å²) in [5.74, 6) is 0.746. The average molecular weight is 421 g/mol. The lowest BCUT2D eigenvalue weighted by Crippen LogP contribution is -2.45. The first-order valence-electron chi connectivity index (χ1n) is 11.5. The van der Waals surface area contributed by atoms with E-state index in [9.17, 15) is 9.59 Å². The molecule has 2 aliphatic heterocycles. The summed E-state index contributed by atoms with van der Waals surface area (Å²) in [4.78, 5) is 29.8. The van der Waals surface area contributed by atoms with Gasteiger partial charge in [0.25, 0.3) is 11.8 Å². The molecule has 1 atom stereocenters. The Morgan fingerprint density at radius 3 is 2.74 bits per heavy atom. The van der Waals surface area contributed by atoms with Crippen molar-refractivity contribution >= 4 is 11.8 Å². The van der Waals surface area contributed by atoms with Gasteiger partial charge in [0.1, 0.15) is 5.75 Å². The monoisotopic (exact) mass is 420 g/mol. The highest BCUT2D eigenvalue weighted by molar-refractivity contribution is 5.97. The molecule has 1 saturated heterocycles. The van der Waals surface area contributed by atoms with Gasteiger partial charge >= 0.3 is 0 Å². The Kier molecular flexibility index (Phi) is 6.59. The zero-order valence-electron chi connectivity index (χ0n) is 18.6. The molecule has 1 fully saturated rings. The molecule has 0 aliphatic carbocycles. The highest BCUT2D eigenvalue weighted by atomic mass is 16.5. The second-order valence-electron chi connectivity index (χ2n) is 8.62. The fourth-order valence-corrected chi connectivity index (χ4v) is 4.80. The lowest BCUT2D eigenvalue weighted by molar-refractivity contribution is -0.137. The largest absolute Gasteiger partial charge is 0.483 e. The number of rotatable bonds is 6.